The van der Waals surface area contributed by atoms with Gasteiger partial charge in [0.05, 0.1) is 0 Å². The Balaban J connectivity index is 2.06. The van der Waals surface area contributed by atoms with Gasteiger partial charge in [-0.15, -0.1) is 0 Å². The average Bonchev–Trinajstić information content (AvgIpc) is 2.47. The van der Waals surface area contributed by atoms with Gasteiger partial charge in [-0.05, 0) is 35.2 Å². The lowest BCUT2D eigenvalue weighted by atomic mass is 9.96. The van der Waals surface area contributed by atoms with Gasteiger partial charge in [0, 0.05) is 4.83 Å². The molecule has 0 bridgehead atoms. The third kappa shape index (κ3) is 3.85. The van der Waals surface area contributed by atoms with Crippen molar-refractivity contribution in [3.05, 3.63) is 47.5 Å². The molecule has 0 aromatic heterocycles. The van der Waals surface area contributed by atoms with Gasteiger partial charge in [0.25, 0.3) is 0 Å². The standard InChI is InChI=1S/C19H25Br/c1-3-4-5-6-7-12-19(20)18-14-13-15(2)16-10-8-9-11-17(16)18/h8-11,13-14,19H,3-7,12H2,1-2H3. The van der Waals surface area contributed by atoms with Crippen molar-refractivity contribution < 1.29 is 0 Å². The fraction of sp³-hybridized carbons (Fsp3) is 0.474. The van der Waals surface area contributed by atoms with E-state index in [1.165, 1.54) is 60.4 Å². The van der Waals surface area contributed by atoms with Crippen molar-refractivity contribution in [3.8, 4) is 0 Å². The van der Waals surface area contributed by atoms with E-state index in [4.69, 9.17) is 0 Å². The first-order chi connectivity index (χ1) is 9.74. The normalized spacial score (nSPS) is 12.8. The number of hydrogen-bond acceptors (Lipinski definition) is 0. The molecule has 2 rings (SSSR count). The van der Waals surface area contributed by atoms with Gasteiger partial charge in [-0.1, -0.05) is 91.4 Å². The maximum Gasteiger partial charge on any atom is 0.0401 e. The second-order valence-electron chi connectivity index (χ2n) is 5.69. The molecular formula is C19H25Br. The second-order valence-corrected chi connectivity index (χ2v) is 6.79. The lowest BCUT2D eigenvalue weighted by molar-refractivity contribution is 0.607. The first kappa shape index (κ1) is 15.6. The molecule has 0 spiro atoms. The van der Waals surface area contributed by atoms with Crippen LogP contribution in [0.5, 0.6) is 0 Å². The molecule has 1 heteroatoms. The van der Waals surface area contributed by atoms with Crippen LogP contribution >= 0.6 is 15.9 Å². The van der Waals surface area contributed by atoms with Crippen LogP contribution in [0.4, 0.5) is 0 Å². The molecule has 0 amide bonds. The van der Waals surface area contributed by atoms with Gasteiger partial charge in [0.15, 0.2) is 0 Å². The predicted octanol–water partition coefficient (Wildman–Crippen LogP) is 6.94. The zero-order valence-corrected chi connectivity index (χ0v) is 14.2. The van der Waals surface area contributed by atoms with Crippen molar-refractivity contribution in [2.45, 2.75) is 57.2 Å². The quantitative estimate of drug-likeness (QED) is 0.380. The van der Waals surface area contributed by atoms with Crippen LogP contribution in [0.25, 0.3) is 10.8 Å². The molecule has 0 saturated carbocycles. The zero-order chi connectivity index (χ0) is 14.4. The number of benzene rings is 2. The summed E-state index contributed by atoms with van der Waals surface area (Å²) in [5, 5.41) is 2.79. The van der Waals surface area contributed by atoms with Crippen molar-refractivity contribution >= 4 is 26.7 Å². The van der Waals surface area contributed by atoms with Gasteiger partial charge in [0.2, 0.25) is 0 Å². The summed E-state index contributed by atoms with van der Waals surface area (Å²) in [6.45, 7) is 4.46. The molecule has 1 unspecified atom stereocenters. The number of aryl methyl sites for hydroxylation is 1. The van der Waals surface area contributed by atoms with E-state index in [0.717, 1.165) is 0 Å². The summed E-state index contributed by atoms with van der Waals surface area (Å²) in [5.41, 5.74) is 2.81. The zero-order valence-electron chi connectivity index (χ0n) is 12.7. The lowest BCUT2D eigenvalue weighted by Crippen LogP contribution is -1.93. The first-order valence-electron chi connectivity index (χ1n) is 7.86. The highest BCUT2D eigenvalue weighted by Crippen LogP contribution is 2.34. The third-order valence-corrected chi connectivity index (χ3v) is 5.03. The molecule has 0 aliphatic heterocycles. The first-order valence-corrected chi connectivity index (χ1v) is 8.78. The molecule has 0 heterocycles. The fourth-order valence-corrected chi connectivity index (χ4v) is 3.55. The third-order valence-electron chi connectivity index (χ3n) is 4.07. The van der Waals surface area contributed by atoms with Gasteiger partial charge in [-0.2, -0.15) is 0 Å². The predicted molar refractivity (Wildman–Crippen MR) is 93.7 cm³/mol. The summed E-state index contributed by atoms with van der Waals surface area (Å²) in [6, 6.07) is 13.3. The maximum atomic E-state index is 3.90. The highest BCUT2D eigenvalue weighted by molar-refractivity contribution is 9.09. The number of alkyl halides is 1. The van der Waals surface area contributed by atoms with Crippen LogP contribution < -0.4 is 0 Å². The Kier molecular flexibility index (Phi) is 6.09. The molecule has 2 aromatic carbocycles. The minimum absolute atomic E-state index is 0.481. The maximum absolute atomic E-state index is 3.90. The SMILES string of the molecule is CCCCCCCC(Br)c1ccc(C)c2ccccc12. The summed E-state index contributed by atoms with van der Waals surface area (Å²) >= 11 is 3.90. The number of rotatable bonds is 7. The number of fused-ring (bicyclic) bond motifs is 1. The van der Waals surface area contributed by atoms with Crippen LogP contribution in [0, 0.1) is 6.92 Å². The van der Waals surface area contributed by atoms with E-state index in [1.54, 1.807) is 0 Å². The van der Waals surface area contributed by atoms with Gasteiger partial charge in [-0.25, -0.2) is 0 Å². The Morgan fingerprint density at radius 2 is 1.60 bits per heavy atom. The Morgan fingerprint density at radius 1 is 0.900 bits per heavy atom. The summed E-state index contributed by atoms with van der Waals surface area (Å²) in [7, 11) is 0. The average molecular weight is 333 g/mol. The topological polar surface area (TPSA) is 0 Å². The number of hydrogen-bond donors (Lipinski definition) is 0. The molecule has 0 N–H and O–H groups in total. The molecule has 1 atom stereocenters. The smallest absolute Gasteiger partial charge is 0.0401 e. The van der Waals surface area contributed by atoms with E-state index in [1.807, 2.05) is 0 Å². The van der Waals surface area contributed by atoms with Crippen LogP contribution in [0.2, 0.25) is 0 Å². The molecule has 108 valence electrons. The second kappa shape index (κ2) is 7.83. The van der Waals surface area contributed by atoms with Gasteiger partial charge >= 0.3 is 0 Å². The highest BCUT2D eigenvalue weighted by Gasteiger charge is 2.11. The molecule has 2 aromatic rings. The molecule has 0 radical (unpaired) electrons. The molecule has 20 heavy (non-hydrogen) atoms. The molecule has 0 nitrogen and oxygen atoms in total. The van der Waals surface area contributed by atoms with Gasteiger partial charge < -0.3 is 0 Å². The van der Waals surface area contributed by atoms with E-state index < -0.39 is 0 Å². The Bertz CT molecular complexity index is 544. The molecule has 0 saturated heterocycles. The van der Waals surface area contributed by atoms with E-state index in [2.05, 4.69) is 66.2 Å². The van der Waals surface area contributed by atoms with Crippen molar-refractivity contribution in [2.24, 2.45) is 0 Å². The summed E-state index contributed by atoms with van der Waals surface area (Å²) in [4.78, 5) is 0.481. The number of unbranched alkanes of at least 4 members (excludes halogenated alkanes) is 4. The lowest BCUT2D eigenvalue weighted by Gasteiger charge is -2.14. The van der Waals surface area contributed by atoms with Gasteiger partial charge in [-0.3, -0.25) is 0 Å². The van der Waals surface area contributed by atoms with Crippen LogP contribution in [0.1, 0.15) is 61.4 Å². The molecule has 0 aliphatic carbocycles. The van der Waals surface area contributed by atoms with Crippen molar-refractivity contribution in [3.63, 3.8) is 0 Å². The summed E-state index contributed by atoms with van der Waals surface area (Å²) in [5.74, 6) is 0. The van der Waals surface area contributed by atoms with Gasteiger partial charge in [0.1, 0.15) is 0 Å². The van der Waals surface area contributed by atoms with Crippen LogP contribution in [0.3, 0.4) is 0 Å². The molecule has 0 fully saturated rings. The Hall–Kier alpha value is -0.820. The van der Waals surface area contributed by atoms with E-state index in [-0.39, 0.29) is 0 Å². The molecular weight excluding hydrogens is 308 g/mol. The van der Waals surface area contributed by atoms with E-state index >= 15 is 0 Å². The highest BCUT2D eigenvalue weighted by atomic mass is 79.9. The van der Waals surface area contributed by atoms with Crippen LogP contribution in [0.15, 0.2) is 36.4 Å². The summed E-state index contributed by atoms with van der Waals surface area (Å²) in [6.07, 6.45) is 7.99. The fourth-order valence-electron chi connectivity index (χ4n) is 2.83. The van der Waals surface area contributed by atoms with Crippen molar-refractivity contribution in [1.82, 2.24) is 0 Å². The van der Waals surface area contributed by atoms with Crippen LogP contribution in [-0.4, -0.2) is 0 Å². The van der Waals surface area contributed by atoms with E-state index in [0.29, 0.717) is 4.83 Å². The summed E-state index contributed by atoms with van der Waals surface area (Å²) < 4.78 is 0. The Morgan fingerprint density at radius 3 is 2.35 bits per heavy atom. The Labute approximate surface area is 131 Å². The molecule has 0 aliphatic rings. The van der Waals surface area contributed by atoms with Crippen molar-refractivity contribution in [1.29, 1.82) is 0 Å². The monoisotopic (exact) mass is 332 g/mol. The largest absolute Gasteiger partial charge is 0.0839 e. The van der Waals surface area contributed by atoms with E-state index in [9.17, 15) is 0 Å². The van der Waals surface area contributed by atoms with Crippen molar-refractivity contribution in [2.75, 3.05) is 0 Å². The minimum Gasteiger partial charge on any atom is -0.0839 e. The van der Waals surface area contributed by atoms with Crippen LogP contribution in [-0.2, 0) is 0 Å². The minimum atomic E-state index is 0.481. The number of halogens is 1.